The fraction of sp³-hybridized carbons (Fsp3) is 0.375. The summed E-state index contributed by atoms with van der Waals surface area (Å²) in [5.41, 5.74) is 0.900. The van der Waals surface area contributed by atoms with Crippen LogP contribution in [0.2, 0.25) is 0 Å². The monoisotopic (exact) mass is 299 g/mol. The first kappa shape index (κ1) is 14.4. The van der Waals surface area contributed by atoms with Crippen molar-refractivity contribution in [1.29, 1.82) is 0 Å². The van der Waals surface area contributed by atoms with Gasteiger partial charge in [-0.05, 0) is 19.1 Å². The van der Waals surface area contributed by atoms with Crippen molar-refractivity contribution in [3.63, 3.8) is 0 Å². The minimum atomic E-state index is 0.339. The van der Waals surface area contributed by atoms with Gasteiger partial charge in [-0.3, -0.25) is 0 Å². The van der Waals surface area contributed by atoms with Crippen molar-refractivity contribution in [3.8, 4) is 5.75 Å². The Bertz CT molecular complexity index is 653. The van der Waals surface area contributed by atoms with Crippen LogP contribution in [-0.4, -0.2) is 48.3 Å². The van der Waals surface area contributed by atoms with E-state index in [4.69, 9.17) is 0 Å². The van der Waals surface area contributed by atoms with Gasteiger partial charge in [-0.15, -0.1) is 0 Å². The zero-order valence-corrected chi connectivity index (χ0v) is 13.0. The van der Waals surface area contributed by atoms with E-state index >= 15 is 0 Å². The molecule has 0 atom stereocenters. The van der Waals surface area contributed by atoms with Crippen LogP contribution in [0.4, 0.5) is 17.3 Å². The highest BCUT2D eigenvalue weighted by Gasteiger charge is 2.20. The van der Waals surface area contributed by atoms with Gasteiger partial charge in [0, 0.05) is 39.3 Å². The van der Waals surface area contributed by atoms with Crippen LogP contribution < -0.4 is 15.1 Å². The summed E-state index contributed by atoms with van der Waals surface area (Å²) in [6, 6.07) is 9.46. The van der Waals surface area contributed by atoms with Crippen LogP contribution in [0, 0.1) is 6.92 Å². The number of hydrogen-bond donors (Lipinski definition) is 2. The Morgan fingerprint density at radius 2 is 1.73 bits per heavy atom. The second-order valence-electron chi connectivity index (χ2n) is 5.37. The van der Waals surface area contributed by atoms with Crippen molar-refractivity contribution in [1.82, 2.24) is 9.97 Å². The topological polar surface area (TPSA) is 64.5 Å². The highest BCUT2D eigenvalue weighted by molar-refractivity contribution is 5.59. The number of aromatic nitrogens is 2. The average Bonchev–Trinajstić information content (AvgIpc) is 2.55. The predicted molar refractivity (Wildman–Crippen MR) is 88.8 cm³/mol. The van der Waals surface area contributed by atoms with E-state index in [0.717, 1.165) is 49.3 Å². The molecular formula is C16H21N5O. The fourth-order valence-electron chi connectivity index (χ4n) is 2.75. The molecule has 1 aliphatic heterocycles. The summed E-state index contributed by atoms with van der Waals surface area (Å²) >= 11 is 0. The number of benzene rings is 1. The third-order valence-electron chi connectivity index (χ3n) is 3.91. The molecule has 0 radical (unpaired) electrons. The van der Waals surface area contributed by atoms with Gasteiger partial charge in [0.1, 0.15) is 23.2 Å². The van der Waals surface area contributed by atoms with E-state index in [1.165, 1.54) is 0 Å². The number of rotatable bonds is 3. The minimum Gasteiger partial charge on any atom is -0.506 e. The SMILES string of the molecule is CNc1cc(N2CCN(c3ccccc3O)CC2)nc(C)n1. The van der Waals surface area contributed by atoms with Crippen LogP contribution >= 0.6 is 0 Å². The molecule has 1 saturated heterocycles. The zero-order chi connectivity index (χ0) is 15.5. The van der Waals surface area contributed by atoms with Crippen LogP contribution in [-0.2, 0) is 0 Å². The molecule has 0 aliphatic carbocycles. The Hall–Kier alpha value is -2.50. The Morgan fingerprint density at radius 3 is 2.41 bits per heavy atom. The maximum Gasteiger partial charge on any atom is 0.138 e. The summed E-state index contributed by atoms with van der Waals surface area (Å²) in [5, 5.41) is 13.0. The molecule has 2 heterocycles. The Kier molecular flexibility index (Phi) is 4.00. The van der Waals surface area contributed by atoms with Crippen molar-refractivity contribution in [2.75, 3.05) is 48.3 Å². The second-order valence-corrected chi connectivity index (χ2v) is 5.37. The van der Waals surface area contributed by atoms with Crippen LogP contribution in [0.25, 0.3) is 0 Å². The third-order valence-corrected chi connectivity index (χ3v) is 3.91. The number of para-hydroxylation sites is 2. The van der Waals surface area contributed by atoms with Crippen LogP contribution in [0.15, 0.2) is 30.3 Å². The molecule has 0 bridgehead atoms. The molecule has 1 aliphatic rings. The van der Waals surface area contributed by atoms with Gasteiger partial charge in [0.2, 0.25) is 0 Å². The molecular weight excluding hydrogens is 278 g/mol. The smallest absolute Gasteiger partial charge is 0.138 e. The first-order chi connectivity index (χ1) is 10.7. The lowest BCUT2D eigenvalue weighted by Gasteiger charge is -2.37. The number of phenols is 1. The first-order valence-corrected chi connectivity index (χ1v) is 7.48. The van der Waals surface area contributed by atoms with Gasteiger partial charge in [0.25, 0.3) is 0 Å². The largest absolute Gasteiger partial charge is 0.506 e. The van der Waals surface area contributed by atoms with Gasteiger partial charge in [0.15, 0.2) is 0 Å². The molecule has 1 fully saturated rings. The minimum absolute atomic E-state index is 0.339. The number of phenolic OH excluding ortho intramolecular Hbond substituents is 1. The lowest BCUT2D eigenvalue weighted by atomic mass is 10.2. The molecule has 3 rings (SSSR count). The molecule has 0 spiro atoms. The number of piperazine rings is 1. The molecule has 116 valence electrons. The molecule has 0 amide bonds. The summed E-state index contributed by atoms with van der Waals surface area (Å²) in [4.78, 5) is 13.3. The van der Waals surface area contributed by atoms with Crippen LogP contribution in [0.5, 0.6) is 5.75 Å². The third kappa shape index (κ3) is 2.90. The number of aromatic hydroxyl groups is 1. The fourth-order valence-corrected chi connectivity index (χ4v) is 2.75. The summed E-state index contributed by atoms with van der Waals surface area (Å²) < 4.78 is 0. The summed E-state index contributed by atoms with van der Waals surface area (Å²) in [5.74, 6) is 2.90. The molecule has 6 nitrogen and oxygen atoms in total. The van der Waals surface area contributed by atoms with Gasteiger partial charge in [-0.25, -0.2) is 9.97 Å². The van der Waals surface area contributed by atoms with E-state index in [1.807, 2.05) is 38.2 Å². The maximum atomic E-state index is 9.97. The highest BCUT2D eigenvalue weighted by atomic mass is 16.3. The molecule has 22 heavy (non-hydrogen) atoms. The Morgan fingerprint density at radius 1 is 1.05 bits per heavy atom. The number of anilines is 3. The normalized spacial score (nSPS) is 15.0. The molecule has 2 aromatic rings. The summed E-state index contributed by atoms with van der Waals surface area (Å²) in [6.07, 6.45) is 0. The summed E-state index contributed by atoms with van der Waals surface area (Å²) in [7, 11) is 1.86. The number of aryl methyl sites for hydroxylation is 1. The first-order valence-electron chi connectivity index (χ1n) is 7.48. The molecule has 0 saturated carbocycles. The standard InChI is InChI=1S/C16H21N5O/c1-12-18-15(17-2)11-16(19-12)21-9-7-20(8-10-21)13-5-3-4-6-14(13)22/h3-6,11,22H,7-10H2,1-2H3,(H,17,18,19). The van der Waals surface area contributed by atoms with E-state index in [-0.39, 0.29) is 0 Å². The second kappa shape index (κ2) is 6.09. The van der Waals surface area contributed by atoms with Crippen molar-refractivity contribution >= 4 is 17.3 Å². The highest BCUT2D eigenvalue weighted by Crippen LogP contribution is 2.28. The molecule has 1 aromatic carbocycles. The van der Waals surface area contributed by atoms with Crippen molar-refractivity contribution in [2.45, 2.75) is 6.92 Å². The van der Waals surface area contributed by atoms with Gasteiger partial charge in [-0.2, -0.15) is 0 Å². The van der Waals surface area contributed by atoms with E-state index < -0.39 is 0 Å². The quantitative estimate of drug-likeness (QED) is 0.902. The maximum absolute atomic E-state index is 9.97. The van der Waals surface area contributed by atoms with Gasteiger partial charge in [0.05, 0.1) is 5.69 Å². The molecule has 0 unspecified atom stereocenters. The van der Waals surface area contributed by atoms with Gasteiger partial charge in [-0.1, -0.05) is 12.1 Å². The number of hydrogen-bond acceptors (Lipinski definition) is 6. The van der Waals surface area contributed by atoms with E-state index in [9.17, 15) is 5.11 Å². The van der Waals surface area contributed by atoms with Crippen molar-refractivity contribution in [2.24, 2.45) is 0 Å². The summed E-state index contributed by atoms with van der Waals surface area (Å²) in [6.45, 7) is 5.36. The lowest BCUT2D eigenvalue weighted by Crippen LogP contribution is -2.47. The predicted octanol–water partition coefficient (Wildman–Crippen LogP) is 1.86. The van der Waals surface area contributed by atoms with Crippen molar-refractivity contribution < 1.29 is 5.11 Å². The van der Waals surface area contributed by atoms with Gasteiger partial charge < -0.3 is 20.2 Å². The van der Waals surface area contributed by atoms with Crippen LogP contribution in [0.1, 0.15) is 5.82 Å². The molecule has 2 N–H and O–H groups in total. The Balaban J connectivity index is 1.72. The number of nitrogens with zero attached hydrogens (tertiary/aromatic N) is 4. The van der Waals surface area contributed by atoms with Crippen molar-refractivity contribution in [3.05, 3.63) is 36.2 Å². The van der Waals surface area contributed by atoms with E-state index in [2.05, 4.69) is 25.1 Å². The van der Waals surface area contributed by atoms with Crippen LogP contribution in [0.3, 0.4) is 0 Å². The number of nitrogens with one attached hydrogen (secondary N) is 1. The average molecular weight is 299 g/mol. The molecule has 1 aromatic heterocycles. The molecule has 6 heteroatoms. The zero-order valence-electron chi connectivity index (χ0n) is 13.0. The lowest BCUT2D eigenvalue weighted by molar-refractivity contribution is 0.472. The van der Waals surface area contributed by atoms with E-state index in [1.54, 1.807) is 6.07 Å². The van der Waals surface area contributed by atoms with Gasteiger partial charge >= 0.3 is 0 Å². The van der Waals surface area contributed by atoms with E-state index in [0.29, 0.717) is 5.75 Å². The Labute approximate surface area is 130 Å².